The molecule has 3 rings (SSSR count). The highest BCUT2D eigenvalue weighted by molar-refractivity contribution is 5.96. The van der Waals surface area contributed by atoms with Crippen molar-refractivity contribution >= 4 is 18.0 Å². The summed E-state index contributed by atoms with van der Waals surface area (Å²) in [4.78, 5) is 24.1. The Morgan fingerprint density at radius 3 is 2.53 bits per heavy atom. The molecule has 0 atom stereocenters. The zero-order chi connectivity index (χ0) is 22.8. The van der Waals surface area contributed by atoms with Gasteiger partial charge in [0.25, 0.3) is 11.8 Å². The lowest BCUT2D eigenvalue weighted by molar-refractivity contribution is -0.120. The van der Waals surface area contributed by atoms with Crippen LogP contribution in [-0.2, 0) is 11.4 Å². The van der Waals surface area contributed by atoms with E-state index in [0.29, 0.717) is 23.7 Å². The highest BCUT2D eigenvalue weighted by Crippen LogP contribution is 2.28. The van der Waals surface area contributed by atoms with Gasteiger partial charge in [-0.3, -0.25) is 9.59 Å². The zero-order valence-corrected chi connectivity index (χ0v) is 18.0. The number of ether oxygens (including phenoxy) is 2. The first-order valence-electron chi connectivity index (χ1n) is 10.1. The number of amides is 2. The Labute approximate surface area is 187 Å². The highest BCUT2D eigenvalue weighted by Gasteiger charge is 2.08. The first-order valence-corrected chi connectivity index (χ1v) is 10.1. The number of methoxy groups -OCH3 is 1. The second kappa shape index (κ2) is 11.3. The number of hydrazone groups is 1. The normalized spacial score (nSPS) is 10.6. The summed E-state index contributed by atoms with van der Waals surface area (Å²) in [5.41, 5.74) is 5.63. The summed E-state index contributed by atoms with van der Waals surface area (Å²) in [5, 5.41) is 6.52. The zero-order valence-electron chi connectivity index (χ0n) is 18.0. The van der Waals surface area contributed by atoms with Crippen LogP contribution < -0.4 is 20.2 Å². The van der Waals surface area contributed by atoms with Gasteiger partial charge in [-0.1, -0.05) is 48.0 Å². The Kier molecular flexibility index (Phi) is 7.97. The Balaban J connectivity index is 1.52. The number of hydrogen-bond acceptors (Lipinski definition) is 5. The van der Waals surface area contributed by atoms with E-state index in [9.17, 15) is 9.59 Å². The van der Waals surface area contributed by atoms with Crippen molar-refractivity contribution in [3.05, 3.63) is 95.1 Å². The fourth-order valence-corrected chi connectivity index (χ4v) is 2.89. The van der Waals surface area contributed by atoms with Crippen LogP contribution in [0.1, 0.15) is 27.0 Å². The van der Waals surface area contributed by atoms with Crippen LogP contribution in [0.4, 0.5) is 0 Å². The van der Waals surface area contributed by atoms with E-state index in [0.717, 1.165) is 16.7 Å². The summed E-state index contributed by atoms with van der Waals surface area (Å²) in [6.45, 7) is 2.11. The molecule has 3 aromatic rings. The van der Waals surface area contributed by atoms with Gasteiger partial charge < -0.3 is 14.8 Å². The minimum Gasteiger partial charge on any atom is -0.493 e. The van der Waals surface area contributed by atoms with Crippen LogP contribution in [0.3, 0.4) is 0 Å². The monoisotopic (exact) mass is 431 g/mol. The summed E-state index contributed by atoms with van der Waals surface area (Å²) in [7, 11) is 1.57. The summed E-state index contributed by atoms with van der Waals surface area (Å²) >= 11 is 0. The Bertz CT molecular complexity index is 1100. The molecule has 0 aliphatic heterocycles. The lowest BCUT2D eigenvalue weighted by Gasteiger charge is -2.11. The first-order chi connectivity index (χ1) is 15.5. The topological polar surface area (TPSA) is 89.0 Å². The molecule has 0 aliphatic carbocycles. The fraction of sp³-hybridized carbons (Fsp3) is 0.160. The molecule has 0 aliphatic rings. The smallest absolute Gasteiger partial charge is 0.259 e. The van der Waals surface area contributed by atoms with Gasteiger partial charge in [-0.15, -0.1) is 0 Å². The van der Waals surface area contributed by atoms with Crippen LogP contribution in [0.5, 0.6) is 11.5 Å². The van der Waals surface area contributed by atoms with E-state index in [1.54, 1.807) is 43.5 Å². The van der Waals surface area contributed by atoms with Crippen molar-refractivity contribution in [2.24, 2.45) is 5.10 Å². The lowest BCUT2D eigenvalue weighted by Crippen LogP contribution is -2.34. The largest absolute Gasteiger partial charge is 0.493 e. The summed E-state index contributed by atoms with van der Waals surface area (Å²) < 4.78 is 11.2. The molecule has 164 valence electrons. The summed E-state index contributed by atoms with van der Waals surface area (Å²) in [6.07, 6.45) is 1.50. The van der Waals surface area contributed by atoms with E-state index in [1.165, 1.54) is 6.21 Å². The minimum absolute atomic E-state index is 0.182. The SMILES string of the molecule is COc1ccc(/C=N\NC(=O)CNC(=O)c2cccc(C)c2)cc1OCc1ccccc1. The van der Waals surface area contributed by atoms with Crippen LogP contribution in [-0.4, -0.2) is 31.7 Å². The number of nitrogens with one attached hydrogen (secondary N) is 2. The molecule has 32 heavy (non-hydrogen) atoms. The number of benzene rings is 3. The second-order valence-electron chi connectivity index (χ2n) is 7.03. The van der Waals surface area contributed by atoms with Crippen molar-refractivity contribution < 1.29 is 19.1 Å². The van der Waals surface area contributed by atoms with Gasteiger partial charge in [-0.05, 0) is 48.4 Å². The third-order valence-corrected chi connectivity index (χ3v) is 4.52. The van der Waals surface area contributed by atoms with E-state index in [-0.39, 0.29) is 12.5 Å². The molecule has 2 N–H and O–H groups in total. The molecule has 2 amide bonds. The van der Waals surface area contributed by atoms with Crippen LogP contribution >= 0.6 is 0 Å². The van der Waals surface area contributed by atoms with Crippen molar-refractivity contribution in [2.45, 2.75) is 13.5 Å². The minimum atomic E-state index is -0.434. The molecule has 0 heterocycles. The maximum Gasteiger partial charge on any atom is 0.259 e. The molecule has 0 spiro atoms. The number of nitrogens with zero attached hydrogens (tertiary/aromatic N) is 1. The first kappa shape index (κ1) is 22.6. The molecule has 7 nitrogen and oxygen atoms in total. The van der Waals surface area contributed by atoms with Gasteiger partial charge in [0.15, 0.2) is 11.5 Å². The quantitative estimate of drug-likeness (QED) is 0.401. The molecule has 0 unspecified atom stereocenters. The fourth-order valence-electron chi connectivity index (χ4n) is 2.89. The number of hydrogen-bond donors (Lipinski definition) is 2. The van der Waals surface area contributed by atoms with Gasteiger partial charge in [0, 0.05) is 5.56 Å². The van der Waals surface area contributed by atoms with Gasteiger partial charge in [0.1, 0.15) is 6.61 Å². The van der Waals surface area contributed by atoms with Crippen molar-refractivity contribution in [1.82, 2.24) is 10.7 Å². The van der Waals surface area contributed by atoms with Crippen LogP contribution in [0.2, 0.25) is 0 Å². The molecule has 0 radical (unpaired) electrons. The van der Waals surface area contributed by atoms with E-state index in [4.69, 9.17) is 9.47 Å². The van der Waals surface area contributed by atoms with Gasteiger partial charge in [-0.25, -0.2) is 5.43 Å². The molecular weight excluding hydrogens is 406 g/mol. The Morgan fingerprint density at radius 1 is 0.969 bits per heavy atom. The maximum atomic E-state index is 12.1. The molecule has 0 bridgehead atoms. The average molecular weight is 431 g/mol. The third-order valence-electron chi connectivity index (χ3n) is 4.52. The van der Waals surface area contributed by atoms with Crippen molar-refractivity contribution in [3.63, 3.8) is 0 Å². The maximum absolute atomic E-state index is 12.1. The Hall–Kier alpha value is -4.13. The van der Waals surface area contributed by atoms with Gasteiger partial charge >= 0.3 is 0 Å². The summed E-state index contributed by atoms with van der Waals surface area (Å²) in [5.74, 6) is 0.414. The van der Waals surface area contributed by atoms with Gasteiger partial charge in [-0.2, -0.15) is 5.10 Å². The molecule has 0 saturated carbocycles. The standard InChI is InChI=1S/C25H25N3O4/c1-18-7-6-10-21(13-18)25(30)26-16-24(29)28-27-15-20-11-12-22(31-2)23(14-20)32-17-19-8-4-3-5-9-19/h3-15H,16-17H2,1-2H3,(H,26,30)(H,28,29)/b27-15-. The Morgan fingerprint density at radius 2 is 1.78 bits per heavy atom. The molecule has 0 aromatic heterocycles. The average Bonchev–Trinajstić information content (AvgIpc) is 2.82. The van der Waals surface area contributed by atoms with Crippen molar-refractivity contribution in [3.8, 4) is 11.5 Å². The third kappa shape index (κ3) is 6.70. The van der Waals surface area contributed by atoms with E-state index >= 15 is 0 Å². The van der Waals surface area contributed by atoms with Crippen LogP contribution in [0.15, 0.2) is 77.9 Å². The van der Waals surface area contributed by atoms with Gasteiger partial charge in [0.2, 0.25) is 0 Å². The molecule has 0 saturated heterocycles. The predicted octanol–water partition coefficient (Wildman–Crippen LogP) is 3.46. The van der Waals surface area contributed by atoms with E-state index < -0.39 is 5.91 Å². The lowest BCUT2D eigenvalue weighted by atomic mass is 10.1. The molecule has 0 fully saturated rings. The highest BCUT2D eigenvalue weighted by atomic mass is 16.5. The predicted molar refractivity (Wildman–Crippen MR) is 123 cm³/mol. The number of aryl methyl sites for hydroxylation is 1. The summed E-state index contributed by atoms with van der Waals surface area (Å²) in [6, 6.07) is 22.3. The molecule has 7 heteroatoms. The molecule has 3 aromatic carbocycles. The van der Waals surface area contributed by atoms with Crippen LogP contribution in [0.25, 0.3) is 0 Å². The van der Waals surface area contributed by atoms with E-state index in [2.05, 4.69) is 15.8 Å². The van der Waals surface area contributed by atoms with Crippen molar-refractivity contribution in [2.75, 3.05) is 13.7 Å². The van der Waals surface area contributed by atoms with Gasteiger partial charge in [0.05, 0.1) is 19.9 Å². The van der Waals surface area contributed by atoms with E-state index in [1.807, 2.05) is 43.3 Å². The van der Waals surface area contributed by atoms with Crippen LogP contribution in [0, 0.1) is 6.92 Å². The second-order valence-corrected chi connectivity index (χ2v) is 7.03. The number of carbonyl (C=O) groups is 2. The molecular formula is C25H25N3O4. The number of carbonyl (C=O) groups excluding carboxylic acids is 2. The number of rotatable bonds is 9. The van der Waals surface area contributed by atoms with Crippen molar-refractivity contribution in [1.29, 1.82) is 0 Å².